The molecule has 22 heavy (non-hydrogen) atoms. The van der Waals surface area contributed by atoms with Crippen LogP contribution in [-0.2, 0) is 0 Å². The standard InChI is InChI=1S/C18H25N3O/c1-3-6-15-14(4-2)16(21-12-20-11-17(15)21)9-18(22)13-7-5-8-19-10-13/h3-4,6,11-13,16,18-19,22H,1,5,7-10H2,2H3/b14-4+,15-6?. The Morgan fingerprint density at radius 3 is 3.14 bits per heavy atom. The van der Waals surface area contributed by atoms with E-state index in [1.54, 1.807) is 0 Å². The van der Waals surface area contributed by atoms with Crippen LogP contribution in [0.5, 0.6) is 0 Å². The number of aliphatic hydroxyl groups is 1. The lowest BCUT2D eigenvalue weighted by atomic mass is 9.87. The van der Waals surface area contributed by atoms with E-state index in [1.165, 1.54) is 11.1 Å². The molecule has 0 amide bonds. The third-order valence-electron chi connectivity index (χ3n) is 4.89. The van der Waals surface area contributed by atoms with Crippen molar-refractivity contribution in [2.24, 2.45) is 5.92 Å². The number of rotatable bonds is 4. The van der Waals surface area contributed by atoms with E-state index in [1.807, 2.05) is 24.7 Å². The van der Waals surface area contributed by atoms with E-state index in [0.717, 1.165) is 38.0 Å². The minimum absolute atomic E-state index is 0.172. The van der Waals surface area contributed by atoms with Gasteiger partial charge in [0.05, 0.1) is 30.4 Å². The zero-order chi connectivity index (χ0) is 15.5. The molecule has 3 heterocycles. The molecule has 0 bridgehead atoms. The maximum atomic E-state index is 10.7. The summed E-state index contributed by atoms with van der Waals surface area (Å²) in [6, 6.07) is 0.172. The van der Waals surface area contributed by atoms with Crippen LogP contribution in [-0.4, -0.2) is 33.9 Å². The number of nitrogens with one attached hydrogen (secondary N) is 1. The lowest BCUT2D eigenvalue weighted by Crippen LogP contribution is -2.37. The number of fused-ring (bicyclic) bond motifs is 1. The van der Waals surface area contributed by atoms with Gasteiger partial charge in [-0.15, -0.1) is 0 Å². The van der Waals surface area contributed by atoms with E-state index < -0.39 is 0 Å². The second-order valence-electron chi connectivity index (χ2n) is 6.17. The van der Waals surface area contributed by atoms with Crippen LogP contribution in [0.4, 0.5) is 0 Å². The van der Waals surface area contributed by atoms with Crippen molar-refractivity contribution in [3.8, 4) is 0 Å². The molecule has 0 spiro atoms. The molecule has 4 heteroatoms. The molecule has 3 unspecified atom stereocenters. The third-order valence-corrected chi connectivity index (χ3v) is 4.89. The number of aliphatic hydroxyl groups excluding tert-OH is 1. The molecule has 0 aromatic carbocycles. The van der Waals surface area contributed by atoms with E-state index in [2.05, 4.69) is 34.4 Å². The van der Waals surface area contributed by atoms with Gasteiger partial charge >= 0.3 is 0 Å². The number of nitrogens with zero attached hydrogens (tertiary/aromatic N) is 2. The zero-order valence-electron chi connectivity index (χ0n) is 13.2. The Hall–Kier alpha value is -1.65. The highest BCUT2D eigenvalue weighted by Gasteiger charge is 2.34. The average molecular weight is 299 g/mol. The van der Waals surface area contributed by atoms with E-state index in [-0.39, 0.29) is 12.1 Å². The van der Waals surface area contributed by atoms with Crippen molar-refractivity contribution in [1.29, 1.82) is 0 Å². The molecular weight excluding hydrogens is 274 g/mol. The monoisotopic (exact) mass is 299 g/mol. The van der Waals surface area contributed by atoms with Crippen LogP contribution in [0.3, 0.4) is 0 Å². The van der Waals surface area contributed by atoms with Crippen molar-refractivity contribution in [3.63, 3.8) is 0 Å². The van der Waals surface area contributed by atoms with Gasteiger partial charge in [0, 0.05) is 12.1 Å². The van der Waals surface area contributed by atoms with Crippen LogP contribution in [0.15, 0.2) is 42.9 Å². The van der Waals surface area contributed by atoms with Crippen LogP contribution in [0.1, 0.15) is 37.9 Å². The number of aromatic nitrogens is 2. The lowest BCUT2D eigenvalue weighted by molar-refractivity contribution is 0.0751. The first-order valence-electron chi connectivity index (χ1n) is 8.16. The molecule has 3 rings (SSSR count). The summed E-state index contributed by atoms with van der Waals surface area (Å²) in [6.45, 7) is 7.88. The SMILES string of the molecule is C=CC=C1/C(=C\C)C(CC(O)C2CCCNC2)n2cncc21. The number of hydrogen-bond donors (Lipinski definition) is 2. The molecule has 4 nitrogen and oxygen atoms in total. The zero-order valence-corrected chi connectivity index (χ0v) is 13.2. The lowest BCUT2D eigenvalue weighted by Gasteiger charge is -2.29. The highest BCUT2D eigenvalue weighted by atomic mass is 16.3. The molecule has 1 saturated heterocycles. The van der Waals surface area contributed by atoms with Gasteiger partial charge in [0.25, 0.3) is 0 Å². The van der Waals surface area contributed by atoms with Gasteiger partial charge in [-0.05, 0) is 44.2 Å². The molecule has 1 aromatic rings. The van der Waals surface area contributed by atoms with Crippen molar-refractivity contribution in [3.05, 3.63) is 48.6 Å². The molecule has 1 aromatic heterocycles. The predicted molar refractivity (Wildman–Crippen MR) is 89.4 cm³/mol. The number of hydrogen-bond acceptors (Lipinski definition) is 3. The molecule has 2 N–H and O–H groups in total. The van der Waals surface area contributed by atoms with Gasteiger partial charge in [-0.3, -0.25) is 0 Å². The summed E-state index contributed by atoms with van der Waals surface area (Å²) in [6.07, 6.45) is 12.5. The summed E-state index contributed by atoms with van der Waals surface area (Å²) in [5, 5.41) is 14.1. The minimum atomic E-state index is -0.286. The van der Waals surface area contributed by atoms with E-state index in [9.17, 15) is 5.11 Å². The Morgan fingerprint density at radius 1 is 1.59 bits per heavy atom. The van der Waals surface area contributed by atoms with Crippen molar-refractivity contribution < 1.29 is 5.11 Å². The molecule has 0 saturated carbocycles. The summed E-state index contributed by atoms with van der Waals surface area (Å²) in [7, 11) is 0. The first-order chi connectivity index (χ1) is 10.8. The van der Waals surface area contributed by atoms with Gasteiger partial charge in [0.2, 0.25) is 0 Å². The summed E-state index contributed by atoms with van der Waals surface area (Å²) in [5.74, 6) is 0.353. The first-order valence-corrected chi connectivity index (χ1v) is 8.16. The molecule has 1 fully saturated rings. The first kappa shape index (κ1) is 15.3. The molecule has 3 atom stereocenters. The van der Waals surface area contributed by atoms with Gasteiger partial charge in [-0.25, -0.2) is 4.98 Å². The second kappa shape index (κ2) is 6.63. The van der Waals surface area contributed by atoms with Gasteiger partial charge in [0.15, 0.2) is 0 Å². The van der Waals surface area contributed by atoms with Crippen molar-refractivity contribution >= 4 is 5.57 Å². The maximum absolute atomic E-state index is 10.7. The summed E-state index contributed by atoms with van der Waals surface area (Å²) in [5.41, 5.74) is 3.56. The van der Waals surface area contributed by atoms with Crippen molar-refractivity contribution in [1.82, 2.24) is 14.9 Å². The third kappa shape index (κ3) is 2.69. The molecule has 2 aliphatic heterocycles. The fourth-order valence-corrected chi connectivity index (χ4v) is 3.76. The fraction of sp³-hybridized carbons (Fsp3) is 0.500. The fourth-order valence-electron chi connectivity index (χ4n) is 3.76. The van der Waals surface area contributed by atoms with Crippen LogP contribution < -0.4 is 5.32 Å². The Bertz CT molecular complexity index is 593. The molecular formula is C18H25N3O. The van der Waals surface area contributed by atoms with Gasteiger partial charge < -0.3 is 15.0 Å². The van der Waals surface area contributed by atoms with Crippen LogP contribution >= 0.6 is 0 Å². The number of imidazole rings is 1. The van der Waals surface area contributed by atoms with Crippen molar-refractivity contribution in [2.45, 2.75) is 38.3 Å². The van der Waals surface area contributed by atoms with Gasteiger partial charge in [-0.1, -0.05) is 24.8 Å². The number of piperidine rings is 1. The van der Waals surface area contributed by atoms with E-state index in [0.29, 0.717) is 5.92 Å². The summed E-state index contributed by atoms with van der Waals surface area (Å²) < 4.78 is 2.18. The highest BCUT2D eigenvalue weighted by molar-refractivity contribution is 5.82. The van der Waals surface area contributed by atoms with Gasteiger partial charge in [-0.2, -0.15) is 0 Å². The summed E-state index contributed by atoms with van der Waals surface area (Å²) >= 11 is 0. The highest BCUT2D eigenvalue weighted by Crippen LogP contribution is 2.43. The van der Waals surface area contributed by atoms with E-state index in [4.69, 9.17) is 0 Å². The Morgan fingerprint density at radius 2 is 2.45 bits per heavy atom. The topological polar surface area (TPSA) is 50.1 Å². The Balaban J connectivity index is 1.83. The van der Waals surface area contributed by atoms with Crippen LogP contribution in [0, 0.1) is 5.92 Å². The summed E-state index contributed by atoms with van der Waals surface area (Å²) in [4.78, 5) is 4.28. The van der Waals surface area contributed by atoms with E-state index >= 15 is 0 Å². The van der Waals surface area contributed by atoms with Crippen molar-refractivity contribution in [2.75, 3.05) is 13.1 Å². The smallest absolute Gasteiger partial charge is 0.0956 e. The normalized spacial score (nSPS) is 29.7. The van der Waals surface area contributed by atoms with Crippen LogP contribution in [0.25, 0.3) is 5.57 Å². The quantitative estimate of drug-likeness (QED) is 0.899. The molecule has 0 radical (unpaired) electrons. The van der Waals surface area contributed by atoms with Crippen LogP contribution in [0.2, 0.25) is 0 Å². The predicted octanol–water partition coefficient (Wildman–Crippen LogP) is 2.70. The Kier molecular flexibility index (Phi) is 4.60. The van der Waals surface area contributed by atoms with Gasteiger partial charge in [0.1, 0.15) is 0 Å². The molecule has 118 valence electrons. The molecule has 2 aliphatic rings. The second-order valence-corrected chi connectivity index (χ2v) is 6.17. The average Bonchev–Trinajstić information content (AvgIpc) is 3.11. The number of allylic oxidation sites excluding steroid dienone is 5. The molecule has 0 aliphatic carbocycles. The Labute approximate surface area is 132 Å². The largest absolute Gasteiger partial charge is 0.393 e. The maximum Gasteiger partial charge on any atom is 0.0956 e. The minimum Gasteiger partial charge on any atom is -0.393 e.